The van der Waals surface area contributed by atoms with Crippen molar-refractivity contribution in [2.45, 2.75) is 13.0 Å². The molecule has 1 heterocycles. The average Bonchev–Trinajstić information content (AvgIpc) is 2.45. The molecule has 14 heavy (non-hydrogen) atoms. The molecule has 1 amide bonds. The van der Waals surface area contributed by atoms with Crippen LogP contribution in [0.2, 0.25) is 8.67 Å². The molecule has 1 unspecified atom stereocenters. The number of amides is 1. The third kappa shape index (κ3) is 2.65. The monoisotopic (exact) mass is 247 g/mol. The van der Waals surface area contributed by atoms with Gasteiger partial charge in [0, 0.05) is 0 Å². The zero-order chi connectivity index (χ0) is 10.7. The van der Waals surface area contributed by atoms with Crippen molar-refractivity contribution < 1.29 is 4.79 Å². The minimum absolute atomic E-state index is 0.302. The van der Waals surface area contributed by atoms with Crippen LogP contribution in [0, 0.1) is 12.3 Å². The van der Waals surface area contributed by atoms with Gasteiger partial charge in [-0.25, -0.2) is 0 Å². The van der Waals surface area contributed by atoms with Gasteiger partial charge < -0.3 is 5.32 Å². The van der Waals surface area contributed by atoms with Gasteiger partial charge in [-0.2, -0.15) is 0 Å². The molecule has 0 spiro atoms. The molecule has 1 aromatic heterocycles. The largest absolute Gasteiger partial charge is 0.339 e. The highest BCUT2D eigenvalue weighted by Crippen LogP contribution is 2.30. The van der Waals surface area contributed by atoms with Crippen molar-refractivity contribution in [2.24, 2.45) is 0 Å². The van der Waals surface area contributed by atoms with Crippen LogP contribution in [-0.2, 0) is 0 Å². The summed E-state index contributed by atoms with van der Waals surface area (Å²) in [5.74, 6) is 2.09. The van der Waals surface area contributed by atoms with Crippen molar-refractivity contribution in [3.05, 3.63) is 20.3 Å². The Balaban J connectivity index is 2.80. The van der Waals surface area contributed by atoms with Crippen molar-refractivity contribution in [3.8, 4) is 12.3 Å². The lowest BCUT2D eigenvalue weighted by Crippen LogP contribution is -2.31. The molecule has 0 saturated carbocycles. The maximum Gasteiger partial charge on any atom is 0.254 e. The van der Waals surface area contributed by atoms with E-state index in [0.29, 0.717) is 14.2 Å². The van der Waals surface area contributed by atoms with Gasteiger partial charge in [0.15, 0.2) is 0 Å². The highest BCUT2D eigenvalue weighted by atomic mass is 35.5. The minimum Gasteiger partial charge on any atom is -0.339 e. The predicted molar refractivity (Wildman–Crippen MR) is 60.1 cm³/mol. The Labute approximate surface area is 96.2 Å². The second-order valence-corrected chi connectivity index (χ2v) is 4.89. The minimum atomic E-state index is -0.322. The summed E-state index contributed by atoms with van der Waals surface area (Å²) < 4.78 is 0.852. The Hall–Kier alpha value is -0.690. The maximum atomic E-state index is 11.5. The Kier molecular flexibility index (Phi) is 3.82. The van der Waals surface area contributed by atoms with Gasteiger partial charge in [-0.1, -0.05) is 29.1 Å². The number of carbonyl (C=O) groups is 1. The Morgan fingerprint density at radius 3 is 2.79 bits per heavy atom. The van der Waals surface area contributed by atoms with E-state index in [1.807, 2.05) is 0 Å². The van der Waals surface area contributed by atoms with Crippen molar-refractivity contribution in [1.82, 2.24) is 5.32 Å². The summed E-state index contributed by atoms with van der Waals surface area (Å²) in [5, 5.41) is 2.59. The molecule has 0 saturated heterocycles. The van der Waals surface area contributed by atoms with E-state index in [-0.39, 0.29) is 11.9 Å². The molecule has 0 bridgehead atoms. The van der Waals surface area contributed by atoms with Gasteiger partial charge in [0.25, 0.3) is 5.91 Å². The zero-order valence-corrected chi connectivity index (χ0v) is 9.63. The number of rotatable bonds is 2. The number of terminal acetylenes is 1. The highest BCUT2D eigenvalue weighted by Gasteiger charge is 2.14. The molecule has 2 nitrogen and oxygen atoms in total. The van der Waals surface area contributed by atoms with E-state index in [4.69, 9.17) is 29.6 Å². The smallest absolute Gasteiger partial charge is 0.254 e. The van der Waals surface area contributed by atoms with Gasteiger partial charge in [0.1, 0.15) is 4.34 Å². The molecule has 74 valence electrons. The number of halogens is 2. The molecule has 5 heteroatoms. The van der Waals surface area contributed by atoms with Gasteiger partial charge in [0.2, 0.25) is 0 Å². The van der Waals surface area contributed by atoms with Crippen LogP contribution in [0.1, 0.15) is 17.3 Å². The van der Waals surface area contributed by atoms with E-state index in [1.54, 1.807) is 6.92 Å². The van der Waals surface area contributed by atoms with Crippen LogP contribution in [0.3, 0.4) is 0 Å². The van der Waals surface area contributed by atoms with E-state index in [2.05, 4.69) is 11.2 Å². The molecule has 0 radical (unpaired) electrons. The first-order valence-corrected chi connectivity index (χ1v) is 5.33. The molecular formula is C9H7Cl2NOS. The second-order valence-electron chi connectivity index (χ2n) is 2.60. The topological polar surface area (TPSA) is 29.1 Å². The standard InChI is InChI=1S/C9H7Cl2NOS/c1-3-5(2)12-9(13)6-4-7(10)14-8(6)11/h1,4-5H,2H3,(H,12,13). The molecule has 1 atom stereocenters. The van der Waals surface area contributed by atoms with Crippen molar-refractivity contribution in [1.29, 1.82) is 0 Å². The molecule has 0 fully saturated rings. The third-order valence-corrected chi connectivity index (χ3v) is 2.99. The van der Waals surface area contributed by atoms with Crippen LogP contribution in [0.5, 0.6) is 0 Å². The first-order chi connectivity index (χ1) is 6.54. The molecule has 0 aliphatic heterocycles. The summed E-state index contributed by atoms with van der Waals surface area (Å²) >= 11 is 12.6. The van der Waals surface area contributed by atoms with Crippen molar-refractivity contribution >= 4 is 40.4 Å². The SMILES string of the molecule is C#CC(C)NC(=O)c1cc(Cl)sc1Cl. The molecular weight excluding hydrogens is 241 g/mol. The summed E-state index contributed by atoms with van der Waals surface area (Å²) in [5.41, 5.74) is 0.365. The summed E-state index contributed by atoms with van der Waals surface area (Å²) in [4.78, 5) is 11.5. The van der Waals surface area contributed by atoms with Gasteiger partial charge in [0.05, 0.1) is 15.9 Å². The lowest BCUT2D eigenvalue weighted by Gasteiger charge is -2.05. The van der Waals surface area contributed by atoms with Crippen LogP contribution in [0.15, 0.2) is 6.07 Å². The molecule has 0 aliphatic rings. The van der Waals surface area contributed by atoms with E-state index in [0.717, 1.165) is 11.3 Å². The van der Waals surface area contributed by atoms with Crippen LogP contribution in [-0.4, -0.2) is 11.9 Å². The molecule has 0 aliphatic carbocycles. The van der Waals surface area contributed by atoms with E-state index >= 15 is 0 Å². The Morgan fingerprint density at radius 2 is 2.36 bits per heavy atom. The van der Waals surface area contributed by atoms with Crippen LogP contribution in [0.4, 0.5) is 0 Å². The first-order valence-electron chi connectivity index (χ1n) is 3.76. The van der Waals surface area contributed by atoms with Gasteiger partial charge in [-0.15, -0.1) is 17.8 Å². The number of carbonyl (C=O) groups excluding carboxylic acids is 1. The highest BCUT2D eigenvalue weighted by molar-refractivity contribution is 7.20. The van der Waals surface area contributed by atoms with Crippen LogP contribution in [0.25, 0.3) is 0 Å². The fourth-order valence-corrected chi connectivity index (χ4v) is 2.27. The third-order valence-electron chi connectivity index (χ3n) is 1.50. The Morgan fingerprint density at radius 1 is 1.71 bits per heavy atom. The Bertz CT molecular complexity index is 394. The average molecular weight is 248 g/mol. The normalized spacial score (nSPS) is 11.9. The second kappa shape index (κ2) is 4.70. The lowest BCUT2D eigenvalue weighted by molar-refractivity contribution is 0.0949. The quantitative estimate of drug-likeness (QED) is 0.801. The first kappa shape index (κ1) is 11.4. The number of thiophene rings is 1. The fraction of sp³-hybridized carbons (Fsp3) is 0.222. The van der Waals surface area contributed by atoms with Crippen molar-refractivity contribution in [2.75, 3.05) is 0 Å². The number of hydrogen-bond acceptors (Lipinski definition) is 2. The summed E-state index contributed by atoms with van der Waals surface area (Å²) in [6, 6.07) is 1.20. The van der Waals surface area contributed by atoms with E-state index < -0.39 is 0 Å². The number of nitrogens with one attached hydrogen (secondary N) is 1. The summed E-state index contributed by atoms with van der Waals surface area (Å²) in [6.45, 7) is 1.71. The molecule has 0 aromatic carbocycles. The molecule has 1 rings (SSSR count). The van der Waals surface area contributed by atoms with Gasteiger partial charge >= 0.3 is 0 Å². The van der Waals surface area contributed by atoms with E-state index in [1.165, 1.54) is 6.07 Å². The molecule has 1 N–H and O–H groups in total. The number of hydrogen-bond donors (Lipinski definition) is 1. The van der Waals surface area contributed by atoms with Crippen LogP contribution < -0.4 is 5.32 Å². The fourth-order valence-electron chi connectivity index (χ4n) is 0.811. The van der Waals surface area contributed by atoms with Gasteiger partial charge in [-0.3, -0.25) is 4.79 Å². The maximum absolute atomic E-state index is 11.5. The zero-order valence-electron chi connectivity index (χ0n) is 7.30. The van der Waals surface area contributed by atoms with E-state index in [9.17, 15) is 4.79 Å². The summed E-state index contributed by atoms with van der Waals surface area (Å²) in [6.07, 6.45) is 5.12. The van der Waals surface area contributed by atoms with Crippen molar-refractivity contribution in [3.63, 3.8) is 0 Å². The molecule has 1 aromatic rings. The lowest BCUT2D eigenvalue weighted by atomic mass is 10.3. The van der Waals surface area contributed by atoms with Crippen LogP contribution >= 0.6 is 34.5 Å². The summed E-state index contributed by atoms with van der Waals surface area (Å²) in [7, 11) is 0. The van der Waals surface area contributed by atoms with Gasteiger partial charge in [-0.05, 0) is 13.0 Å². The predicted octanol–water partition coefficient (Wildman–Crippen LogP) is 2.81.